The number of nitrogens with one attached hydrogen (secondary N) is 1. The number of rotatable bonds is 6. The third-order valence-electron chi connectivity index (χ3n) is 6.95. The number of aromatic nitrogens is 4. The number of ether oxygens (including phenoxy) is 2. The minimum atomic E-state index is -0.243. The molecule has 0 radical (unpaired) electrons. The highest BCUT2D eigenvalue weighted by atomic mass is 16.5. The van der Waals surface area contributed by atoms with Gasteiger partial charge in [0.1, 0.15) is 0 Å². The predicted octanol–water partition coefficient (Wildman–Crippen LogP) is 3.05. The maximum atomic E-state index is 13.1. The highest BCUT2D eigenvalue weighted by Crippen LogP contribution is 2.38. The molecule has 170 valence electrons. The molecule has 2 aliphatic rings. The topological polar surface area (TPSA) is 106 Å². The van der Waals surface area contributed by atoms with Crippen molar-refractivity contribution in [3.05, 3.63) is 41.8 Å². The van der Waals surface area contributed by atoms with Crippen molar-refractivity contribution in [3.8, 4) is 0 Å². The van der Waals surface area contributed by atoms with Gasteiger partial charge in [-0.05, 0) is 50.3 Å². The normalized spacial score (nSPS) is 19.5. The SMILES string of the molecule is COCCC1(c2noc(C3CCOCC3)n2)CCN(C(=O)c2ccc3nc[nH]c3c2)CC1. The van der Waals surface area contributed by atoms with Crippen LogP contribution in [0, 0.1) is 0 Å². The Hall–Kier alpha value is -2.78. The molecule has 0 spiro atoms. The smallest absolute Gasteiger partial charge is 0.253 e. The number of carbonyl (C=O) groups is 1. The Balaban J connectivity index is 1.31. The molecule has 3 aromatic rings. The molecule has 2 saturated heterocycles. The van der Waals surface area contributed by atoms with E-state index in [2.05, 4.69) is 15.1 Å². The lowest BCUT2D eigenvalue weighted by Gasteiger charge is -2.39. The van der Waals surface area contributed by atoms with E-state index < -0.39 is 0 Å². The number of hydrogen-bond acceptors (Lipinski definition) is 7. The number of hydrogen-bond donors (Lipinski definition) is 1. The molecule has 0 atom stereocenters. The average molecular weight is 440 g/mol. The van der Waals surface area contributed by atoms with Gasteiger partial charge in [0.25, 0.3) is 5.91 Å². The molecule has 0 unspecified atom stereocenters. The number of benzene rings is 1. The predicted molar refractivity (Wildman–Crippen MR) is 116 cm³/mol. The fraction of sp³-hybridized carbons (Fsp3) is 0.565. The summed E-state index contributed by atoms with van der Waals surface area (Å²) in [7, 11) is 1.71. The second kappa shape index (κ2) is 8.99. The third kappa shape index (κ3) is 4.02. The molecule has 0 bridgehead atoms. The van der Waals surface area contributed by atoms with Crippen molar-refractivity contribution in [1.29, 1.82) is 0 Å². The van der Waals surface area contributed by atoms with Crippen LogP contribution >= 0.6 is 0 Å². The monoisotopic (exact) mass is 439 g/mol. The Morgan fingerprint density at radius 3 is 2.88 bits per heavy atom. The molecule has 2 fully saturated rings. The number of piperidine rings is 1. The fourth-order valence-corrected chi connectivity index (χ4v) is 4.83. The number of amides is 1. The van der Waals surface area contributed by atoms with Crippen LogP contribution in [0.25, 0.3) is 11.0 Å². The summed E-state index contributed by atoms with van der Waals surface area (Å²) in [5.41, 5.74) is 2.16. The van der Waals surface area contributed by atoms with Crippen LogP contribution in [-0.2, 0) is 14.9 Å². The Kier molecular flexibility index (Phi) is 5.93. The molecule has 9 heteroatoms. The first-order valence-corrected chi connectivity index (χ1v) is 11.3. The lowest BCUT2D eigenvalue weighted by molar-refractivity contribution is 0.0616. The molecular formula is C23H29N5O4. The van der Waals surface area contributed by atoms with Gasteiger partial charge in [0.05, 0.1) is 17.4 Å². The van der Waals surface area contributed by atoms with Crippen molar-refractivity contribution < 1.29 is 18.8 Å². The first-order valence-electron chi connectivity index (χ1n) is 11.3. The number of fused-ring (bicyclic) bond motifs is 1. The Bertz CT molecular complexity index is 1060. The highest BCUT2D eigenvalue weighted by molar-refractivity contribution is 5.97. The lowest BCUT2D eigenvalue weighted by atomic mass is 9.75. The number of H-pyrrole nitrogens is 1. The van der Waals surface area contributed by atoms with Gasteiger partial charge in [0.2, 0.25) is 5.89 Å². The van der Waals surface area contributed by atoms with Gasteiger partial charge in [0, 0.05) is 56.9 Å². The molecule has 1 amide bonds. The summed E-state index contributed by atoms with van der Waals surface area (Å²) in [6.07, 6.45) is 5.83. The fourth-order valence-electron chi connectivity index (χ4n) is 4.83. The molecule has 32 heavy (non-hydrogen) atoms. The van der Waals surface area contributed by atoms with Crippen molar-refractivity contribution in [2.75, 3.05) is 40.0 Å². The maximum Gasteiger partial charge on any atom is 0.253 e. The molecular weight excluding hydrogens is 410 g/mol. The van der Waals surface area contributed by atoms with E-state index in [0.29, 0.717) is 31.2 Å². The summed E-state index contributed by atoms with van der Waals surface area (Å²) in [4.78, 5) is 27.2. The first kappa shape index (κ1) is 21.1. The summed E-state index contributed by atoms with van der Waals surface area (Å²) in [6.45, 7) is 3.37. The van der Waals surface area contributed by atoms with E-state index in [4.69, 9.17) is 19.0 Å². The van der Waals surface area contributed by atoms with E-state index in [1.54, 1.807) is 13.4 Å². The van der Waals surface area contributed by atoms with Crippen LogP contribution in [-0.4, -0.2) is 70.9 Å². The molecule has 1 N–H and O–H groups in total. The van der Waals surface area contributed by atoms with Gasteiger partial charge in [-0.2, -0.15) is 4.98 Å². The van der Waals surface area contributed by atoms with Gasteiger partial charge in [-0.1, -0.05) is 5.16 Å². The molecule has 2 aliphatic heterocycles. The molecule has 0 aliphatic carbocycles. The number of aromatic amines is 1. The lowest BCUT2D eigenvalue weighted by Crippen LogP contribution is -2.46. The van der Waals surface area contributed by atoms with Crippen molar-refractivity contribution in [2.24, 2.45) is 0 Å². The zero-order valence-corrected chi connectivity index (χ0v) is 18.4. The third-order valence-corrected chi connectivity index (χ3v) is 6.95. The molecule has 5 rings (SSSR count). The van der Waals surface area contributed by atoms with Crippen LogP contribution in [0.15, 0.2) is 29.0 Å². The second-order valence-electron chi connectivity index (χ2n) is 8.79. The minimum absolute atomic E-state index is 0.0397. The zero-order valence-electron chi connectivity index (χ0n) is 18.4. The van der Waals surface area contributed by atoms with Crippen molar-refractivity contribution in [2.45, 2.75) is 43.4 Å². The van der Waals surface area contributed by atoms with Gasteiger partial charge in [0.15, 0.2) is 5.82 Å². The van der Waals surface area contributed by atoms with Gasteiger partial charge >= 0.3 is 0 Å². The van der Waals surface area contributed by atoms with Gasteiger partial charge in [-0.3, -0.25) is 4.79 Å². The molecule has 9 nitrogen and oxygen atoms in total. The van der Waals surface area contributed by atoms with E-state index in [-0.39, 0.29) is 17.2 Å². The van der Waals surface area contributed by atoms with E-state index in [1.165, 1.54) is 0 Å². The van der Waals surface area contributed by atoms with Crippen LogP contribution < -0.4 is 0 Å². The number of likely N-dealkylation sites (tertiary alicyclic amines) is 1. The maximum absolute atomic E-state index is 13.1. The highest BCUT2D eigenvalue weighted by Gasteiger charge is 2.41. The van der Waals surface area contributed by atoms with Crippen molar-refractivity contribution in [1.82, 2.24) is 25.0 Å². The quantitative estimate of drug-likeness (QED) is 0.629. The summed E-state index contributed by atoms with van der Waals surface area (Å²) in [6, 6.07) is 5.59. The molecule has 0 saturated carbocycles. The minimum Gasteiger partial charge on any atom is -0.385 e. The van der Waals surface area contributed by atoms with Crippen molar-refractivity contribution >= 4 is 16.9 Å². The Labute approximate surface area is 186 Å². The Morgan fingerprint density at radius 2 is 2.09 bits per heavy atom. The largest absolute Gasteiger partial charge is 0.385 e. The van der Waals surface area contributed by atoms with E-state index >= 15 is 0 Å². The molecule has 1 aromatic carbocycles. The van der Waals surface area contributed by atoms with Crippen LogP contribution in [0.3, 0.4) is 0 Å². The molecule has 2 aromatic heterocycles. The number of methoxy groups -OCH3 is 1. The summed E-state index contributed by atoms with van der Waals surface area (Å²) in [5, 5.41) is 4.40. The second-order valence-corrected chi connectivity index (χ2v) is 8.79. The summed E-state index contributed by atoms with van der Waals surface area (Å²) >= 11 is 0. The van der Waals surface area contributed by atoms with Crippen LogP contribution in [0.5, 0.6) is 0 Å². The van der Waals surface area contributed by atoms with E-state index in [0.717, 1.165) is 62.2 Å². The average Bonchev–Trinajstić information content (AvgIpc) is 3.53. The molecule has 4 heterocycles. The van der Waals surface area contributed by atoms with Crippen LogP contribution in [0.4, 0.5) is 0 Å². The van der Waals surface area contributed by atoms with E-state index in [1.807, 2.05) is 23.1 Å². The first-order chi connectivity index (χ1) is 15.7. The number of carbonyl (C=O) groups excluding carboxylic acids is 1. The van der Waals surface area contributed by atoms with Gasteiger partial charge < -0.3 is 23.9 Å². The van der Waals surface area contributed by atoms with Crippen molar-refractivity contribution in [3.63, 3.8) is 0 Å². The van der Waals surface area contributed by atoms with Crippen LogP contribution in [0.1, 0.15) is 60.1 Å². The number of nitrogens with zero attached hydrogens (tertiary/aromatic N) is 4. The van der Waals surface area contributed by atoms with E-state index in [9.17, 15) is 4.79 Å². The summed E-state index contributed by atoms with van der Waals surface area (Å²) < 4.78 is 16.5. The van der Waals surface area contributed by atoms with Gasteiger partial charge in [-0.15, -0.1) is 0 Å². The summed E-state index contributed by atoms with van der Waals surface area (Å²) in [5.74, 6) is 1.77. The standard InChI is InChI=1S/C23H29N5O4/c1-30-13-8-23(22-26-20(32-27-22)16-4-11-31-12-5-16)6-9-28(10-7-23)21(29)17-2-3-18-19(14-17)25-15-24-18/h2-3,14-16H,4-13H2,1H3,(H,24,25). The Morgan fingerprint density at radius 1 is 1.28 bits per heavy atom. The zero-order chi connectivity index (χ0) is 22.0. The number of imidazole rings is 1. The van der Waals surface area contributed by atoms with Gasteiger partial charge in [-0.25, -0.2) is 4.98 Å². The van der Waals surface area contributed by atoms with Crippen LogP contribution in [0.2, 0.25) is 0 Å².